The minimum atomic E-state index is 0.769. The first kappa shape index (κ1) is 18.6. The van der Waals surface area contributed by atoms with Crippen molar-refractivity contribution in [1.82, 2.24) is 15.3 Å². The van der Waals surface area contributed by atoms with E-state index in [-0.39, 0.29) is 0 Å². The molecule has 0 bridgehead atoms. The number of piperidine rings is 1. The molecule has 1 aromatic rings. The predicted molar refractivity (Wildman–Crippen MR) is 101 cm³/mol. The van der Waals surface area contributed by atoms with Crippen LogP contribution in [-0.2, 0) is 11.3 Å². The fraction of sp³-hybridized carbons (Fsp3) is 0.700. The molecule has 3 rings (SSSR count). The fourth-order valence-electron chi connectivity index (χ4n) is 3.90. The molecule has 1 N–H and O–H groups in total. The third kappa shape index (κ3) is 6.26. The second kappa shape index (κ2) is 9.53. The summed E-state index contributed by atoms with van der Waals surface area (Å²) in [5.74, 6) is 2.58. The highest BCUT2D eigenvalue weighted by atomic mass is 16.5. The van der Waals surface area contributed by atoms with Crippen molar-refractivity contribution in [3.8, 4) is 5.75 Å². The van der Waals surface area contributed by atoms with E-state index in [4.69, 9.17) is 9.47 Å². The van der Waals surface area contributed by atoms with E-state index < -0.39 is 0 Å². The van der Waals surface area contributed by atoms with Gasteiger partial charge < -0.3 is 9.47 Å². The second-order valence-electron chi connectivity index (χ2n) is 7.63. The van der Waals surface area contributed by atoms with Gasteiger partial charge in [0.05, 0.1) is 13.2 Å². The summed E-state index contributed by atoms with van der Waals surface area (Å²) in [6, 6.07) is 8.46. The van der Waals surface area contributed by atoms with E-state index in [1.165, 1.54) is 25.1 Å². The zero-order valence-corrected chi connectivity index (χ0v) is 15.7. The number of hydrazine groups is 1. The van der Waals surface area contributed by atoms with Gasteiger partial charge in [-0.15, -0.1) is 0 Å². The Hall–Kier alpha value is -1.14. The summed E-state index contributed by atoms with van der Waals surface area (Å²) < 4.78 is 11.3. The van der Waals surface area contributed by atoms with Gasteiger partial charge in [0.15, 0.2) is 0 Å². The molecule has 0 amide bonds. The molecular weight excluding hydrogens is 314 g/mol. The van der Waals surface area contributed by atoms with Gasteiger partial charge in [0.25, 0.3) is 0 Å². The topological polar surface area (TPSA) is 37.0 Å². The number of hydrogen-bond acceptors (Lipinski definition) is 5. The maximum atomic E-state index is 5.94. The van der Waals surface area contributed by atoms with Gasteiger partial charge in [-0.1, -0.05) is 26.0 Å². The van der Waals surface area contributed by atoms with Crippen molar-refractivity contribution in [2.24, 2.45) is 11.8 Å². The molecule has 0 spiro atoms. The Morgan fingerprint density at radius 2 is 1.76 bits per heavy atom. The van der Waals surface area contributed by atoms with Crippen LogP contribution >= 0.6 is 0 Å². The Balaban J connectivity index is 1.35. The molecule has 2 heterocycles. The van der Waals surface area contributed by atoms with Crippen LogP contribution < -0.4 is 10.2 Å². The SMILES string of the molecule is CC1CC(C)CN(CCOc2ccc(CNN3CCOCC3)cc2)C1. The van der Waals surface area contributed by atoms with Gasteiger partial charge in [-0.25, -0.2) is 5.01 Å². The quantitative estimate of drug-likeness (QED) is 0.820. The number of ether oxygens (including phenoxy) is 2. The summed E-state index contributed by atoms with van der Waals surface area (Å²) in [6.45, 7) is 13.3. The van der Waals surface area contributed by atoms with E-state index in [2.05, 4.69) is 53.4 Å². The van der Waals surface area contributed by atoms with Crippen LogP contribution in [0.25, 0.3) is 0 Å². The number of nitrogens with zero attached hydrogens (tertiary/aromatic N) is 2. The van der Waals surface area contributed by atoms with E-state index in [0.29, 0.717) is 0 Å². The van der Waals surface area contributed by atoms with Crippen LogP contribution in [0.3, 0.4) is 0 Å². The third-order valence-electron chi connectivity index (χ3n) is 5.06. The first-order valence-corrected chi connectivity index (χ1v) is 9.69. The van der Waals surface area contributed by atoms with Crippen molar-refractivity contribution in [1.29, 1.82) is 0 Å². The number of nitrogens with one attached hydrogen (secondary N) is 1. The van der Waals surface area contributed by atoms with E-state index in [9.17, 15) is 0 Å². The van der Waals surface area contributed by atoms with Crippen LogP contribution in [0.2, 0.25) is 0 Å². The Labute approximate surface area is 152 Å². The number of likely N-dealkylation sites (tertiary alicyclic amines) is 1. The second-order valence-corrected chi connectivity index (χ2v) is 7.63. The molecule has 0 radical (unpaired) electrons. The van der Waals surface area contributed by atoms with E-state index in [1.807, 2.05) is 0 Å². The Morgan fingerprint density at radius 3 is 2.44 bits per heavy atom. The average Bonchev–Trinajstić information content (AvgIpc) is 2.61. The molecule has 2 aliphatic rings. The van der Waals surface area contributed by atoms with Gasteiger partial charge in [-0.3, -0.25) is 10.3 Å². The number of morpholine rings is 1. The Kier molecular flexibility index (Phi) is 7.11. The monoisotopic (exact) mass is 347 g/mol. The molecule has 2 saturated heterocycles. The molecule has 1 aromatic carbocycles. The summed E-state index contributed by atoms with van der Waals surface area (Å²) >= 11 is 0. The first-order valence-electron chi connectivity index (χ1n) is 9.69. The minimum absolute atomic E-state index is 0.769. The average molecular weight is 348 g/mol. The maximum absolute atomic E-state index is 5.94. The van der Waals surface area contributed by atoms with Crippen molar-refractivity contribution in [2.45, 2.75) is 26.8 Å². The first-order chi connectivity index (χ1) is 12.2. The smallest absolute Gasteiger partial charge is 0.119 e. The summed E-state index contributed by atoms with van der Waals surface area (Å²) in [5, 5.41) is 2.23. The molecule has 2 fully saturated rings. The standard InChI is InChI=1S/C20H33N3O2/c1-17-13-18(2)16-22(15-17)7-12-25-20-5-3-19(4-6-20)14-21-23-8-10-24-11-9-23/h3-6,17-18,21H,7-16H2,1-2H3. The van der Waals surface area contributed by atoms with Crippen LogP contribution in [-0.4, -0.2) is 62.5 Å². The van der Waals surface area contributed by atoms with Crippen LogP contribution in [0.4, 0.5) is 0 Å². The molecule has 5 nitrogen and oxygen atoms in total. The van der Waals surface area contributed by atoms with Gasteiger partial charge in [0.1, 0.15) is 12.4 Å². The Morgan fingerprint density at radius 1 is 1.08 bits per heavy atom. The highest BCUT2D eigenvalue weighted by molar-refractivity contribution is 5.27. The predicted octanol–water partition coefficient (Wildman–Crippen LogP) is 2.38. The molecule has 2 unspecified atom stereocenters. The van der Waals surface area contributed by atoms with Crippen LogP contribution in [0.15, 0.2) is 24.3 Å². The molecule has 5 heteroatoms. The third-order valence-corrected chi connectivity index (χ3v) is 5.06. The van der Waals surface area contributed by atoms with Gasteiger partial charge in [0.2, 0.25) is 0 Å². The minimum Gasteiger partial charge on any atom is -0.492 e. The summed E-state index contributed by atoms with van der Waals surface area (Å²) in [6.07, 6.45) is 1.36. The number of hydrogen-bond donors (Lipinski definition) is 1. The molecule has 25 heavy (non-hydrogen) atoms. The van der Waals surface area contributed by atoms with Gasteiger partial charge in [0, 0.05) is 39.3 Å². The lowest BCUT2D eigenvalue weighted by Crippen LogP contribution is -2.45. The van der Waals surface area contributed by atoms with Crippen molar-refractivity contribution >= 4 is 0 Å². The molecule has 2 aliphatic heterocycles. The highest BCUT2D eigenvalue weighted by Gasteiger charge is 2.21. The van der Waals surface area contributed by atoms with Gasteiger partial charge in [-0.2, -0.15) is 0 Å². The van der Waals surface area contributed by atoms with Gasteiger partial charge in [-0.05, 0) is 36.0 Å². The van der Waals surface area contributed by atoms with Crippen LogP contribution in [0.5, 0.6) is 5.75 Å². The molecular formula is C20H33N3O2. The summed E-state index contributed by atoms with van der Waals surface area (Å²) in [7, 11) is 0. The molecule has 0 aromatic heterocycles. The Bertz CT molecular complexity index is 492. The zero-order valence-electron chi connectivity index (χ0n) is 15.7. The van der Waals surface area contributed by atoms with Gasteiger partial charge >= 0.3 is 0 Å². The van der Waals surface area contributed by atoms with Crippen molar-refractivity contribution in [2.75, 3.05) is 52.5 Å². The van der Waals surface area contributed by atoms with Crippen LogP contribution in [0, 0.1) is 11.8 Å². The molecule has 0 aliphatic carbocycles. The number of benzene rings is 1. The fourth-order valence-corrected chi connectivity index (χ4v) is 3.90. The van der Waals surface area contributed by atoms with E-state index in [0.717, 1.165) is 63.6 Å². The highest BCUT2D eigenvalue weighted by Crippen LogP contribution is 2.20. The largest absolute Gasteiger partial charge is 0.492 e. The van der Waals surface area contributed by atoms with E-state index >= 15 is 0 Å². The normalized spacial score (nSPS) is 25.8. The van der Waals surface area contributed by atoms with Crippen molar-refractivity contribution in [3.63, 3.8) is 0 Å². The molecule has 2 atom stereocenters. The summed E-state index contributed by atoms with van der Waals surface area (Å²) in [4.78, 5) is 2.54. The lowest BCUT2D eigenvalue weighted by atomic mass is 9.92. The summed E-state index contributed by atoms with van der Waals surface area (Å²) in [5.41, 5.74) is 4.73. The van der Waals surface area contributed by atoms with Crippen molar-refractivity contribution in [3.05, 3.63) is 29.8 Å². The molecule has 0 saturated carbocycles. The number of rotatable bonds is 7. The van der Waals surface area contributed by atoms with Crippen molar-refractivity contribution < 1.29 is 9.47 Å². The lowest BCUT2D eigenvalue weighted by molar-refractivity contribution is 0.0106. The maximum Gasteiger partial charge on any atom is 0.119 e. The molecule has 140 valence electrons. The van der Waals surface area contributed by atoms with Crippen LogP contribution in [0.1, 0.15) is 25.8 Å². The van der Waals surface area contributed by atoms with E-state index in [1.54, 1.807) is 0 Å². The zero-order chi connectivity index (χ0) is 17.5. The lowest BCUT2D eigenvalue weighted by Gasteiger charge is -2.34.